The van der Waals surface area contributed by atoms with Crippen molar-refractivity contribution < 1.29 is 9.53 Å². The van der Waals surface area contributed by atoms with E-state index < -0.39 is 5.60 Å². The molecule has 1 fully saturated rings. The van der Waals surface area contributed by atoms with Crippen molar-refractivity contribution >= 4 is 36.0 Å². The lowest BCUT2D eigenvalue weighted by molar-refractivity contribution is 0.0304. The molecule has 2 rings (SSSR count). The second kappa shape index (κ2) is 11.6. The number of likely N-dealkylation sites (tertiary alicyclic amines) is 1. The van der Waals surface area contributed by atoms with E-state index in [1.54, 1.807) is 11.9 Å². The number of carbonyl (C=O) groups is 1. The minimum atomic E-state index is -0.490. The molecule has 0 radical (unpaired) electrons. The third-order valence-corrected chi connectivity index (χ3v) is 4.86. The minimum absolute atomic E-state index is 0. The fourth-order valence-corrected chi connectivity index (χ4v) is 3.26. The Morgan fingerprint density at radius 2 is 2.14 bits per heavy atom. The van der Waals surface area contributed by atoms with Gasteiger partial charge in [0.15, 0.2) is 5.96 Å². The van der Waals surface area contributed by atoms with Crippen LogP contribution in [0, 0.1) is 5.92 Å². The van der Waals surface area contributed by atoms with Gasteiger partial charge in [-0.3, -0.25) is 4.99 Å². The molecular weight excluding hydrogens is 483 g/mol. The number of hydrogen-bond acceptors (Lipinski definition) is 4. The van der Waals surface area contributed by atoms with E-state index >= 15 is 0 Å². The first kappa shape index (κ1) is 25.5. The largest absolute Gasteiger partial charge is 0.444 e. The van der Waals surface area contributed by atoms with Crippen LogP contribution in [0.3, 0.4) is 0 Å². The Labute approximate surface area is 192 Å². The molecule has 0 spiro atoms. The van der Waals surface area contributed by atoms with Crippen LogP contribution in [0.2, 0.25) is 0 Å². The number of nitrogens with one attached hydrogen (secondary N) is 1. The number of nitrogens with zero attached hydrogens (tertiary/aromatic N) is 5. The lowest BCUT2D eigenvalue weighted by Gasteiger charge is -2.39. The molecule has 1 aliphatic rings. The monoisotopic (exact) mass is 520 g/mol. The average Bonchev–Trinajstić information content (AvgIpc) is 3.14. The van der Waals surface area contributed by atoms with Crippen molar-refractivity contribution in [1.29, 1.82) is 0 Å². The van der Waals surface area contributed by atoms with Crippen LogP contribution in [0.1, 0.15) is 47.1 Å². The van der Waals surface area contributed by atoms with E-state index in [9.17, 15) is 4.79 Å². The number of imidazole rings is 1. The van der Waals surface area contributed by atoms with Crippen LogP contribution in [0.4, 0.5) is 4.79 Å². The quantitative estimate of drug-likeness (QED) is 0.367. The summed E-state index contributed by atoms with van der Waals surface area (Å²) in [4.78, 5) is 24.9. The van der Waals surface area contributed by atoms with Crippen LogP contribution in [0.5, 0.6) is 0 Å². The van der Waals surface area contributed by atoms with Gasteiger partial charge < -0.3 is 24.4 Å². The van der Waals surface area contributed by atoms with Crippen molar-refractivity contribution in [2.24, 2.45) is 10.9 Å². The normalized spacial score (nSPS) is 20.1. The minimum Gasteiger partial charge on any atom is -0.444 e. The molecule has 1 aromatic rings. The van der Waals surface area contributed by atoms with Crippen molar-refractivity contribution in [3.8, 4) is 0 Å². The summed E-state index contributed by atoms with van der Waals surface area (Å²) in [6.45, 7) is 13.7. The van der Waals surface area contributed by atoms with Crippen LogP contribution >= 0.6 is 24.0 Å². The number of carbonyl (C=O) groups excluding carboxylic acids is 1. The van der Waals surface area contributed by atoms with Crippen LogP contribution in [0.15, 0.2) is 23.7 Å². The predicted molar refractivity (Wildman–Crippen MR) is 127 cm³/mol. The molecule has 2 atom stereocenters. The summed E-state index contributed by atoms with van der Waals surface area (Å²) in [5.41, 5.74) is -0.490. The summed E-state index contributed by atoms with van der Waals surface area (Å²) in [7, 11) is 1.74. The molecule has 0 bridgehead atoms. The fourth-order valence-electron chi connectivity index (χ4n) is 3.26. The zero-order valence-electron chi connectivity index (χ0n) is 18.6. The number of guanidine groups is 1. The smallest absolute Gasteiger partial charge is 0.410 e. The zero-order chi connectivity index (χ0) is 20.7. The molecule has 1 amide bonds. The topological polar surface area (TPSA) is 75.0 Å². The van der Waals surface area contributed by atoms with Crippen molar-refractivity contribution in [1.82, 2.24) is 24.7 Å². The third kappa shape index (κ3) is 8.02. The Morgan fingerprint density at radius 3 is 2.72 bits per heavy atom. The van der Waals surface area contributed by atoms with Crippen molar-refractivity contribution in [3.05, 3.63) is 18.7 Å². The molecule has 1 saturated heterocycles. The molecule has 0 aromatic carbocycles. The number of rotatable bonds is 5. The highest BCUT2D eigenvalue weighted by molar-refractivity contribution is 14.0. The lowest BCUT2D eigenvalue weighted by atomic mass is 9.93. The standard InChI is InChI=1S/C20H36N6O2.HI/c1-7-22-18(23-10-12-24(6)19(27)28-20(3,4)5)25-11-8-16(2)17(14-25)26-13-9-21-15-26;/h9,13,15-17H,7-8,10-12,14H2,1-6H3,(H,22,23);1H. The molecule has 0 saturated carbocycles. The third-order valence-electron chi connectivity index (χ3n) is 4.86. The van der Waals surface area contributed by atoms with E-state index in [0.29, 0.717) is 25.0 Å². The van der Waals surface area contributed by atoms with Gasteiger partial charge in [0.2, 0.25) is 0 Å². The van der Waals surface area contributed by atoms with Gasteiger partial charge in [0.1, 0.15) is 5.60 Å². The fraction of sp³-hybridized carbons (Fsp3) is 0.750. The van der Waals surface area contributed by atoms with Crippen LogP contribution in [-0.4, -0.2) is 76.8 Å². The van der Waals surface area contributed by atoms with Gasteiger partial charge in [-0.15, -0.1) is 24.0 Å². The summed E-state index contributed by atoms with van der Waals surface area (Å²) in [5, 5.41) is 3.39. The van der Waals surface area contributed by atoms with Crippen LogP contribution in [0.25, 0.3) is 0 Å². The van der Waals surface area contributed by atoms with E-state index in [1.807, 2.05) is 39.5 Å². The van der Waals surface area contributed by atoms with Gasteiger partial charge in [0.05, 0.1) is 18.9 Å². The highest BCUT2D eigenvalue weighted by Gasteiger charge is 2.29. The molecule has 1 aromatic heterocycles. The molecule has 1 N–H and O–H groups in total. The summed E-state index contributed by atoms with van der Waals surface area (Å²) in [5.74, 6) is 1.49. The molecule has 1 aliphatic heterocycles. The van der Waals surface area contributed by atoms with Gasteiger partial charge in [0, 0.05) is 45.6 Å². The number of piperidine rings is 1. The van der Waals surface area contributed by atoms with Gasteiger partial charge in [-0.25, -0.2) is 9.78 Å². The second-order valence-electron chi connectivity index (χ2n) is 8.43. The number of aliphatic imine (C=N–C) groups is 1. The molecule has 8 nitrogen and oxygen atoms in total. The summed E-state index contributed by atoms with van der Waals surface area (Å²) in [6.07, 6.45) is 6.54. The average molecular weight is 520 g/mol. The second-order valence-corrected chi connectivity index (χ2v) is 8.43. The molecule has 2 heterocycles. The molecular formula is C20H37IN6O2. The number of likely N-dealkylation sites (N-methyl/N-ethyl adjacent to an activating group) is 1. The Morgan fingerprint density at radius 1 is 1.41 bits per heavy atom. The summed E-state index contributed by atoms with van der Waals surface area (Å²) in [6, 6.07) is 0.379. The maximum absolute atomic E-state index is 12.1. The van der Waals surface area contributed by atoms with Gasteiger partial charge in [-0.2, -0.15) is 0 Å². The molecule has 0 aliphatic carbocycles. The van der Waals surface area contributed by atoms with Gasteiger partial charge in [-0.1, -0.05) is 6.92 Å². The molecule has 166 valence electrons. The van der Waals surface area contributed by atoms with Crippen LogP contribution < -0.4 is 5.32 Å². The van der Waals surface area contributed by atoms with E-state index in [-0.39, 0.29) is 30.1 Å². The summed E-state index contributed by atoms with van der Waals surface area (Å²) >= 11 is 0. The first-order valence-corrected chi connectivity index (χ1v) is 10.2. The number of halogens is 1. The maximum Gasteiger partial charge on any atom is 0.410 e. The lowest BCUT2D eigenvalue weighted by Crippen LogP contribution is -2.49. The van der Waals surface area contributed by atoms with E-state index in [4.69, 9.17) is 9.73 Å². The first-order valence-electron chi connectivity index (χ1n) is 10.2. The zero-order valence-corrected chi connectivity index (χ0v) is 20.9. The molecule has 9 heteroatoms. The number of ether oxygens (including phenoxy) is 1. The van der Waals surface area contributed by atoms with Crippen molar-refractivity contribution in [3.63, 3.8) is 0 Å². The predicted octanol–water partition coefficient (Wildman–Crippen LogP) is 3.22. The highest BCUT2D eigenvalue weighted by atomic mass is 127. The van der Waals surface area contributed by atoms with E-state index in [0.717, 1.165) is 32.0 Å². The Balaban J connectivity index is 0.00000420. The Bertz CT molecular complexity index is 644. The first-order chi connectivity index (χ1) is 13.2. The Hall–Kier alpha value is -1.52. The van der Waals surface area contributed by atoms with Gasteiger partial charge >= 0.3 is 6.09 Å². The molecule has 2 unspecified atom stereocenters. The number of hydrogen-bond donors (Lipinski definition) is 1. The van der Waals surface area contributed by atoms with E-state index in [2.05, 4.69) is 33.6 Å². The van der Waals surface area contributed by atoms with Crippen molar-refractivity contribution in [2.45, 2.75) is 52.7 Å². The number of amides is 1. The molecule has 29 heavy (non-hydrogen) atoms. The van der Waals surface area contributed by atoms with Crippen LogP contribution in [-0.2, 0) is 4.74 Å². The summed E-state index contributed by atoms with van der Waals surface area (Å²) < 4.78 is 7.58. The Kier molecular flexibility index (Phi) is 10.2. The van der Waals surface area contributed by atoms with E-state index in [1.165, 1.54) is 0 Å². The number of aromatic nitrogens is 2. The van der Waals surface area contributed by atoms with Crippen molar-refractivity contribution in [2.75, 3.05) is 39.8 Å². The maximum atomic E-state index is 12.1. The highest BCUT2D eigenvalue weighted by Crippen LogP contribution is 2.27. The van der Waals surface area contributed by atoms with Gasteiger partial charge in [-0.05, 0) is 40.0 Å². The van der Waals surface area contributed by atoms with Gasteiger partial charge in [0.25, 0.3) is 0 Å². The SMILES string of the molecule is CCNC(=NCCN(C)C(=O)OC(C)(C)C)N1CCC(C)C(n2ccnc2)C1.I.